The molecule has 0 unspecified atom stereocenters. The molecule has 0 aliphatic rings. The third-order valence-electron chi connectivity index (χ3n) is 1.87. The maximum Gasteiger partial charge on any atom is 0.272 e. The third kappa shape index (κ3) is 1.62. The standard InChI is InChI=1S/C9H6BrF2NS/c10-4-1-6(13)5-3-8(9(11)12)14-7(5)2-4/h1-3,9H,13H2. The van der Waals surface area contributed by atoms with Crippen LogP contribution in [0, 0.1) is 0 Å². The highest BCUT2D eigenvalue weighted by atomic mass is 79.9. The molecule has 0 spiro atoms. The summed E-state index contributed by atoms with van der Waals surface area (Å²) in [5, 5.41) is 0.702. The first-order valence-corrected chi connectivity index (χ1v) is 5.45. The molecule has 5 heteroatoms. The Morgan fingerprint density at radius 3 is 2.64 bits per heavy atom. The minimum Gasteiger partial charge on any atom is -0.398 e. The van der Waals surface area contributed by atoms with Gasteiger partial charge in [-0.05, 0) is 18.2 Å². The zero-order chi connectivity index (χ0) is 10.3. The van der Waals surface area contributed by atoms with Crippen LogP contribution in [0.4, 0.5) is 14.5 Å². The average Bonchev–Trinajstić information content (AvgIpc) is 2.47. The predicted octanol–water partition coefficient (Wildman–Crippen LogP) is 4.18. The predicted molar refractivity (Wildman–Crippen MR) is 58.9 cm³/mol. The molecule has 0 aliphatic heterocycles. The molecule has 14 heavy (non-hydrogen) atoms. The second kappa shape index (κ2) is 3.47. The van der Waals surface area contributed by atoms with Gasteiger partial charge >= 0.3 is 0 Å². The fourth-order valence-corrected chi connectivity index (χ4v) is 2.88. The van der Waals surface area contributed by atoms with E-state index in [4.69, 9.17) is 5.73 Å². The summed E-state index contributed by atoms with van der Waals surface area (Å²) >= 11 is 4.34. The van der Waals surface area contributed by atoms with Crippen molar-refractivity contribution in [1.82, 2.24) is 0 Å². The zero-order valence-corrected chi connectivity index (χ0v) is 9.33. The number of nitrogens with two attached hydrogens (primary N) is 1. The Morgan fingerprint density at radius 2 is 2.00 bits per heavy atom. The molecule has 2 rings (SSSR count). The summed E-state index contributed by atoms with van der Waals surface area (Å²) in [4.78, 5) is 0.0600. The average molecular weight is 278 g/mol. The van der Waals surface area contributed by atoms with E-state index in [0.717, 1.165) is 20.5 Å². The van der Waals surface area contributed by atoms with Crippen molar-refractivity contribution in [2.75, 3.05) is 5.73 Å². The van der Waals surface area contributed by atoms with E-state index in [2.05, 4.69) is 15.9 Å². The summed E-state index contributed by atoms with van der Waals surface area (Å²) in [6, 6.07) is 4.96. The van der Waals surface area contributed by atoms with E-state index in [1.807, 2.05) is 0 Å². The van der Waals surface area contributed by atoms with Crippen molar-refractivity contribution < 1.29 is 8.78 Å². The van der Waals surface area contributed by atoms with Crippen LogP contribution < -0.4 is 5.73 Å². The summed E-state index contributed by atoms with van der Waals surface area (Å²) in [6.07, 6.45) is -2.43. The summed E-state index contributed by atoms with van der Waals surface area (Å²) in [6.45, 7) is 0. The second-order valence-electron chi connectivity index (χ2n) is 2.86. The third-order valence-corrected chi connectivity index (χ3v) is 3.42. The Labute approximate surface area is 91.7 Å². The number of halogens is 3. The quantitative estimate of drug-likeness (QED) is 0.778. The van der Waals surface area contributed by atoms with Crippen molar-refractivity contribution in [1.29, 1.82) is 0 Å². The molecule has 0 bridgehead atoms. The van der Waals surface area contributed by atoms with E-state index < -0.39 is 6.43 Å². The highest BCUT2D eigenvalue weighted by molar-refractivity contribution is 9.10. The van der Waals surface area contributed by atoms with Gasteiger partial charge in [0.2, 0.25) is 0 Å². The van der Waals surface area contributed by atoms with Crippen LogP contribution in [0.2, 0.25) is 0 Å². The Hall–Kier alpha value is -0.680. The Kier molecular flexibility index (Phi) is 2.45. The van der Waals surface area contributed by atoms with Gasteiger partial charge < -0.3 is 5.73 Å². The number of hydrogen-bond donors (Lipinski definition) is 1. The minimum absolute atomic E-state index is 0.0600. The highest BCUT2D eigenvalue weighted by Gasteiger charge is 2.12. The molecule has 74 valence electrons. The van der Waals surface area contributed by atoms with Gasteiger partial charge in [0.15, 0.2) is 0 Å². The smallest absolute Gasteiger partial charge is 0.272 e. The van der Waals surface area contributed by atoms with Crippen molar-refractivity contribution in [3.05, 3.63) is 27.5 Å². The van der Waals surface area contributed by atoms with E-state index in [9.17, 15) is 8.78 Å². The molecular weight excluding hydrogens is 272 g/mol. The lowest BCUT2D eigenvalue weighted by atomic mass is 10.2. The Morgan fingerprint density at radius 1 is 1.29 bits per heavy atom. The molecule has 0 saturated heterocycles. The van der Waals surface area contributed by atoms with Crippen molar-refractivity contribution in [3.63, 3.8) is 0 Å². The number of benzene rings is 1. The first kappa shape index (κ1) is 9.86. The Bertz CT molecular complexity index is 481. The van der Waals surface area contributed by atoms with Crippen molar-refractivity contribution in [2.45, 2.75) is 6.43 Å². The first-order chi connectivity index (χ1) is 6.58. The molecule has 1 aromatic carbocycles. The lowest BCUT2D eigenvalue weighted by Gasteiger charge is -1.96. The number of hydrogen-bond acceptors (Lipinski definition) is 2. The molecule has 0 atom stereocenters. The van der Waals surface area contributed by atoms with Gasteiger partial charge in [0, 0.05) is 20.2 Å². The second-order valence-corrected chi connectivity index (χ2v) is 4.89. The van der Waals surface area contributed by atoms with E-state index in [1.54, 1.807) is 12.1 Å². The first-order valence-electron chi connectivity index (χ1n) is 3.84. The number of thiophene rings is 1. The van der Waals surface area contributed by atoms with Gasteiger partial charge in [-0.2, -0.15) is 0 Å². The van der Waals surface area contributed by atoms with Crippen molar-refractivity contribution >= 4 is 43.0 Å². The van der Waals surface area contributed by atoms with Gasteiger partial charge in [-0.25, -0.2) is 8.78 Å². The molecule has 0 radical (unpaired) electrons. The van der Waals surface area contributed by atoms with Crippen LogP contribution in [0.1, 0.15) is 11.3 Å². The zero-order valence-electron chi connectivity index (χ0n) is 6.93. The molecule has 1 aromatic heterocycles. The summed E-state index contributed by atoms with van der Waals surface area (Å²) < 4.78 is 26.4. The monoisotopic (exact) mass is 277 g/mol. The van der Waals surface area contributed by atoms with E-state index in [0.29, 0.717) is 11.1 Å². The van der Waals surface area contributed by atoms with Crippen LogP contribution in [-0.4, -0.2) is 0 Å². The molecule has 0 amide bonds. The number of fused-ring (bicyclic) bond motifs is 1. The largest absolute Gasteiger partial charge is 0.398 e. The van der Waals surface area contributed by atoms with Crippen molar-refractivity contribution in [3.8, 4) is 0 Å². The molecule has 0 saturated carbocycles. The fourth-order valence-electron chi connectivity index (χ4n) is 1.26. The van der Waals surface area contributed by atoms with Crippen LogP contribution in [0.3, 0.4) is 0 Å². The van der Waals surface area contributed by atoms with Crippen LogP contribution >= 0.6 is 27.3 Å². The number of nitrogen functional groups attached to an aromatic ring is 1. The number of rotatable bonds is 1. The normalized spacial score (nSPS) is 11.4. The van der Waals surface area contributed by atoms with Gasteiger partial charge in [0.1, 0.15) is 0 Å². The van der Waals surface area contributed by atoms with E-state index in [-0.39, 0.29) is 4.88 Å². The molecule has 0 fully saturated rings. The maximum absolute atomic E-state index is 12.4. The Balaban J connectivity index is 2.70. The number of alkyl halides is 2. The minimum atomic E-state index is -2.43. The molecule has 1 heterocycles. The lowest BCUT2D eigenvalue weighted by molar-refractivity contribution is 0.156. The summed E-state index contributed by atoms with van der Waals surface area (Å²) in [5.74, 6) is 0. The number of anilines is 1. The highest BCUT2D eigenvalue weighted by Crippen LogP contribution is 2.36. The van der Waals surface area contributed by atoms with E-state index in [1.165, 1.54) is 6.07 Å². The van der Waals surface area contributed by atoms with Crippen LogP contribution in [-0.2, 0) is 0 Å². The van der Waals surface area contributed by atoms with E-state index >= 15 is 0 Å². The van der Waals surface area contributed by atoms with Gasteiger partial charge in [0.05, 0.1) is 4.88 Å². The molecule has 2 aromatic rings. The van der Waals surface area contributed by atoms with Gasteiger partial charge in [0.25, 0.3) is 6.43 Å². The lowest BCUT2D eigenvalue weighted by Crippen LogP contribution is -1.84. The van der Waals surface area contributed by atoms with Crippen LogP contribution in [0.15, 0.2) is 22.7 Å². The van der Waals surface area contributed by atoms with Crippen LogP contribution in [0.25, 0.3) is 10.1 Å². The fraction of sp³-hybridized carbons (Fsp3) is 0.111. The van der Waals surface area contributed by atoms with Crippen LogP contribution in [0.5, 0.6) is 0 Å². The topological polar surface area (TPSA) is 26.0 Å². The molecular formula is C9H6BrF2NS. The SMILES string of the molecule is Nc1cc(Br)cc2sc(C(F)F)cc12. The molecule has 0 aliphatic carbocycles. The van der Waals surface area contributed by atoms with Gasteiger partial charge in [-0.1, -0.05) is 15.9 Å². The summed E-state index contributed by atoms with van der Waals surface area (Å²) in [7, 11) is 0. The summed E-state index contributed by atoms with van der Waals surface area (Å²) in [5.41, 5.74) is 6.23. The molecule has 1 nitrogen and oxygen atoms in total. The van der Waals surface area contributed by atoms with Gasteiger partial charge in [-0.15, -0.1) is 11.3 Å². The van der Waals surface area contributed by atoms with Gasteiger partial charge in [-0.3, -0.25) is 0 Å². The maximum atomic E-state index is 12.4. The molecule has 2 N–H and O–H groups in total. The van der Waals surface area contributed by atoms with Crippen molar-refractivity contribution in [2.24, 2.45) is 0 Å².